The molecule has 0 saturated carbocycles. The van der Waals surface area contributed by atoms with Crippen molar-refractivity contribution in [1.29, 1.82) is 0 Å². The summed E-state index contributed by atoms with van der Waals surface area (Å²) in [5.74, 6) is -0.817. The van der Waals surface area contributed by atoms with Gasteiger partial charge in [-0.2, -0.15) is 0 Å². The summed E-state index contributed by atoms with van der Waals surface area (Å²) in [6, 6.07) is 0. The fourth-order valence-electron chi connectivity index (χ4n) is 1.10. The van der Waals surface area contributed by atoms with Crippen molar-refractivity contribution in [2.75, 3.05) is 0 Å². The normalized spacial score (nSPS) is 18.4. The summed E-state index contributed by atoms with van der Waals surface area (Å²) in [6.45, 7) is 0. The summed E-state index contributed by atoms with van der Waals surface area (Å²) in [5.41, 5.74) is 0.435. The molecule has 0 aromatic carbocycles. The molecule has 60 valence electrons. The highest BCUT2D eigenvalue weighted by molar-refractivity contribution is 5.89. The molecule has 0 bridgehead atoms. The molecule has 2 heteroatoms. The summed E-state index contributed by atoms with van der Waals surface area (Å²) in [7, 11) is 0. The molecule has 1 N–H and O–H groups in total. The van der Waals surface area contributed by atoms with Gasteiger partial charge in [-0.3, -0.25) is 0 Å². The first-order valence-electron chi connectivity index (χ1n) is 3.90. The molecule has 0 radical (unpaired) electrons. The van der Waals surface area contributed by atoms with Gasteiger partial charge in [0.2, 0.25) is 0 Å². The summed E-state index contributed by atoms with van der Waals surface area (Å²) in [4.78, 5) is 10.5. The molecular formula is C9H12O2. The monoisotopic (exact) mass is 152 g/mol. The summed E-state index contributed by atoms with van der Waals surface area (Å²) in [6.07, 6.45) is 9.58. The van der Waals surface area contributed by atoms with Crippen molar-refractivity contribution in [1.82, 2.24) is 0 Å². The van der Waals surface area contributed by atoms with E-state index in [4.69, 9.17) is 5.11 Å². The van der Waals surface area contributed by atoms with E-state index in [-0.39, 0.29) is 0 Å². The Morgan fingerprint density at radius 2 is 2.09 bits per heavy atom. The molecule has 0 fully saturated rings. The number of hydrogen-bond acceptors (Lipinski definition) is 1. The van der Waals surface area contributed by atoms with E-state index in [1.807, 2.05) is 6.08 Å². The summed E-state index contributed by atoms with van der Waals surface area (Å²) in [5, 5.41) is 8.64. The summed E-state index contributed by atoms with van der Waals surface area (Å²) < 4.78 is 0. The molecule has 11 heavy (non-hydrogen) atoms. The molecule has 1 rings (SSSR count). The first-order chi connectivity index (χ1) is 5.30. The van der Waals surface area contributed by atoms with Crippen LogP contribution in [0.25, 0.3) is 0 Å². The number of carbonyl (C=O) groups is 1. The number of rotatable bonds is 1. The molecule has 0 saturated heterocycles. The van der Waals surface area contributed by atoms with Crippen molar-refractivity contribution >= 4 is 5.97 Å². The van der Waals surface area contributed by atoms with Crippen molar-refractivity contribution in [2.24, 2.45) is 0 Å². The fraction of sp³-hybridized carbons (Fsp3) is 0.444. The average Bonchev–Trinajstić information content (AvgIpc) is 1.84. The van der Waals surface area contributed by atoms with Crippen LogP contribution in [0.2, 0.25) is 0 Å². The number of hydrogen-bond donors (Lipinski definition) is 1. The van der Waals surface area contributed by atoms with Crippen LogP contribution < -0.4 is 0 Å². The smallest absolute Gasteiger partial charge is 0.335 e. The maximum absolute atomic E-state index is 10.5. The lowest BCUT2D eigenvalue weighted by Crippen LogP contribution is -1.98. The van der Waals surface area contributed by atoms with Crippen LogP contribution >= 0.6 is 0 Å². The first-order valence-corrected chi connectivity index (χ1v) is 3.90. The second-order valence-corrected chi connectivity index (χ2v) is 2.65. The topological polar surface area (TPSA) is 37.3 Å². The van der Waals surface area contributed by atoms with E-state index in [0.29, 0.717) is 5.57 Å². The summed E-state index contributed by atoms with van der Waals surface area (Å²) >= 11 is 0. The molecule has 1 aliphatic carbocycles. The molecule has 0 heterocycles. The highest BCUT2D eigenvalue weighted by Crippen LogP contribution is 2.10. The predicted molar refractivity (Wildman–Crippen MR) is 43.3 cm³/mol. The first kappa shape index (κ1) is 8.05. The maximum Gasteiger partial charge on any atom is 0.335 e. The number of allylic oxidation sites excluding steroid dienone is 2. The third-order valence-electron chi connectivity index (χ3n) is 1.73. The zero-order valence-corrected chi connectivity index (χ0v) is 6.42. The number of aliphatic carboxylic acids is 1. The van der Waals surface area contributed by atoms with Crippen LogP contribution in [0.1, 0.15) is 25.7 Å². The Labute approximate surface area is 66.2 Å². The van der Waals surface area contributed by atoms with Crippen LogP contribution in [0.4, 0.5) is 0 Å². The van der Waals surface area contributed by atoms with Crippen LogP contribution in [0.15, 0.2) is 23.8 Å². The zero-order valence-electron chi connectivity index (χ0n) is 6.42. The van der Waals surface area contributed by atoms with Gasteiger partial charge in [0.25, 0.3) is 0 Å². The second-order valence-electron chi connectivity index (χ2n) is 2.65. The van der Waals surface area contributed by atoms with E-state index >= 15 is 0 Å². The highest BCUT2D eigenvalue weighted by atomic mass is 16.4. The molecule has 0 aliphatic heterocycles. The molecule has 2 nitrogen and oxygen atoms in total. The number of carboxylic acid groups (broad SMARTS) is 1. The van der Waals surface area contributed by atoms with E-state index < -0.39 is 5.97 Å². The number of carboxylic acids is 1. The fourth-order valence-corrected chi connectivity index (χ4v) is 1.10. The average molecular weight is 152 g/mol. The molecule has 0 aromatic rings. The predicted octanol–water partition coefficient (Wildman–Crippen LogP) is 2.13. The van der Waals surface area contributed by atoms with Gasteiger partial charge < -0.3 is 5.11 Å². The van der Waals surface area contributed by atoms with E-state index in [9.17, 15) is 4.79 Å². The second kappa shape index (κ2) is 3.96. The van der Waals surface area contributed by atoms with Gasteiger partial charge in [0.1, 0.15) is 0 Å². The Hall–Kier alpha value is -1.05. The van der Waals surface area contributed by atoms with E-state index in [2.05, 4.69) is 0 Å². The van der Waals surface area contributed by atoms with Crippen molar-refractivity contribution in [3.8, 4) is 0 Å². The van der Waals surface area contributed by atoms with E-state index in [0.717, 1.165) is 19.3 Å². The minimum atomic E-state index is -0.817. The largest absolute Gasteiger partial charge is 0.478 e. The lowest BCUT2D eigenvalue weighted by Gasteiger charge is -2.00. The minimum Gasteiger partial charge on any atom is -0.478 e. The zero-order chi connectivity index (χ0) is 8.10. The van der Waals surface area contributed by atoms with Crippen LogP contribution in [0.5, 0.6) is 0 Å². The third-order valence-corrected chi connectivity index (χ3v) is 1.73. The third kappa shape index (κ3) is 2.58. The highest BCUT2D eigenvalue weighted by Gasteiger charge is 2.02. The standard InChI is InChI=1S/C9H12O2/c10-9(11)8-6-4-2-1-3-5-7-8/h4,6-7H,1-3,5H2,(H,10,11). The Bertz CT molecular complexity index is 202. The molecule has 0 unspecified atom stereocenters. The molecule has 0 spiro atoms. The molecule has 0 atom stereocenters. The minimum absolute atomic E-state index is 0.435. The van der Waals surface area contributed by atoms with Gasteiger partial charge in [-0.05, 0) is 25.7 Å². The molecule has 0 amide bonds. The van der Waals surface area contributed by atoms with E-state index in [1.165, 1.54) is 6.42 Å². The van der Waals surface area contributed by atoms with Gasteiger partial charge in [0, 0.05) is 0 Å². The lowest BCUT2D eigenvalue weighted by molar-refractivity contribution is -0.132. The Balaban J connectivity index is 2.66. The Kier molecular flexibility index (Phi) is 2.90. The van der Waals surface area contributed by atoms with E-state index in [1.54, 1.807) is 12.2 Å². The quantitative estimate of drug-likeness (QED) is 0.625. The van der Waals surface area contributed by atoms with Crippen LogP contribution in [-0.2, 0) is 4.79 Å². The SMILES string of the molecule is O=C(O)C1=CCCCCC=C1. The van der Waals surface area contributed by atoms with Crippen LogP contribution in [0.3, 0.4) is 0 Å². The van der Waals surface area contributed by atoms with Crippen LogP contribution in [0, 0.1) is 0 Å². The lowest BCUT2D eigenvalue weighted by atomic mass is 10.1. The van der Waals surface area contributed by atoms with Gasteiger partial charge in [-0.15, -0.1) is 0 Å². The van der Waals surface area contributed by atoms with Crippen molar-refractivity contribution in [3.05, 3.63) is 23.8 Å². The molecule has 0 aromatic heterocycles. The Morgan fingerprint density at radius 3 is 2.82 bits per heavy atom. The van der Waals surface area contributed by atoms with Crippen molar-refractivity contribution in [2.45, 2.75) is 25.7 Å². The van der Waals surface area contributed by atoms with Gasteiger partial charge in [0.15, 0.2) is 0 Å². The van der Waals surface area contributed by atoms with Gasteiger partial charge in [-0.25, -0.2) is 4.79 Å². The van der Waals surface area contributed by atoms with Gasteiger partial charge in [-0.1, -0.05) is 18.2 Å². The van der Waals surface area contributed by atoms with Gasteiger partial charge in [0.05, 0.1) is 5.57 Å². The maximum atomic E-state index is 10.5. The molecule has 1 aliphatic rings. The molecular weight excluding hydrogens is 140 g/mol. The van der Waals surface area contributed by atoms with Crippen molar-refractivity contribution in [3.63, 3.8) is 0 Å². The van der Waals surface area contributed by atoms with Crippen molar-refractivity contribution < 1.29 is 9.90 Å². The van der Waals surface area contributed by atoms with Crippen LogP contribution in [-0.4, -0.2) is 11.1 Å². The van der Waals surface area contributed by atoms with Gasteiger partial charge >= 0.3 is 5.97 Å². The Morgan fingerprint density at radius 1 is 1.36 bits per heavy atom.